The summed E-state index contributed by atoms with van der Waals surface area (Å²) in [5, 5.41) is 0. The Morgan fingerprint density at radius 2 is 2.11 bits per heavy atom. The summed E-state index contributed by atoms with van der Waals surface area (Å²) >= 11 is 0. The lowest BCUT2D eigenvalue weighted by molar-refractivity contribution is 0.127. The molecule has 0 spiro atoms. The molecule has 0 aromatic heterocycles. The number of ether oxygens (including phenoxy) is 1. The average Bonchev–Trinajstić information content (AvgIpc) is 2.28. The van der Waals surface area contributed by atoms with Crippen LogP contribution in [0.5, 0.6) is 5.75 Å². The largest absolute Gasteiger partial charge is 0.490 e. The van der Waals surface area contributed by atoms with Gasteiger partial charge in [0.25, 0.3) is 0 Å². The van der Waals surface area contributed by atoms with E-state index in [4.69, 9.17) is 10.5 Å². The standard InChI is InChI=1S/C16H25NO/c1-11-5-4-6-14(9-11)18-16-10-12(2)7-8-15(16)13(3)17/h7-8,10-11,13-14H,4-6,9,17H2,1-3H3. The van der Waals surface area contributed by atoms with E-state index in [-0.39, 0.29) is 6.04 Å². The maximum Gasteiger partial charge on any atom is 0.124 e. The van der Waals surface area contributed by atoms with Gasteiger partial charge in [0.1, 0.15) is 5.75 Å². The Kier molecular flexibility index (Phi) is 4.28. The van der Waals surface area contributed by atoms with Crippen LogP contribution in [0.3, 0.4) is 0 Å². The third kappa shape index (κ3) is 3.26. The minimum atomic E-state index is 0.0293. The summed E-state index contributed by atoms with van der Waals surface area (Å²) in [6, 6.07) is 6.36. The van der Waals surface area contributed by atoms with Gasteiger partial charge in [-0.15, -0.1) is 0 Å². The van der Waals surface area contributed by atoms with Crippen molar-refractivity contribution in [3.8, 4) is 5.75 Å². The van der Waals surface area contributed by atoms with Crippen LogP contribution in [0.15, 0.2) is 18.2 Å². The minimum absolute atomic E-state index is 0.0293. The predicted molar refractivity (Wildman–Crippen MR) is 75.8 cm³/mol. The van der Waals surface area contributed by atoms with Gasteiger partial charge >= 0.3 is 0 Å². The molecule has 0 heterocycles. The van der Waals surface area contributed by atoms with E-state index in [2.05, 4.69) is 32.0 Å². The van der Waals surface area contributed by atoms with E-state index in [0.717, 1.165) is 17.2 Å². The maximum atomic E-state index is 6.22. The smallest absolute Gasteiger partial charge is 0.124 e. The number of benzene rings is 1. The Bertz CT molecular complexity index is 400. The van der Waals surface area contributed by atoms with Gasteiger partial charge in [0.2, 0.25) is 0 Å². The van der Waals surface area contributed by atoms with Crippen LogP contribution in [0.25, 0.3) is 0 Å². The lowest BCUT2D eigenvalue weighted by atomic mass is 9.88. The van der Waals surface area contributed by atoms with Crippen LogP contribution in [0.4, 0.5) is 0 Å². The number of hydrogen-bond acceptors (Lipinski definition) is 2. The maximum absolute atomic E-state index is 6.22. The molecule has 2 nitrogen and oxygen atoms in total. The second-order valence-electron chi connectivity index (χ2n) is 5.84. The highest BCUT2D eigenvalue weighted by Gasteiger charge is 2.21. The van der Waals surface area contributed by atoms with Crippen molar-refractivity contribution in [1.29, 1.82) is 0 Å². The van der Waals surface area contributed by atoms with Gasteiger partial charge in [0.15, 0.2) is 0 Å². The fourth-order valence-corrected chi connectivity index (χ4v) is 2.78. The molecule has 3 atom stereocenters. The first-order valence-electron chi connectivity index (χ1n) is 7.09. The fraction of sp³-hybridized carbons (Fsp3) is 0.625. The van der Waals surface area contributed by atoms with Crippen LogP contribution >= 0.6 is 0 Å². The molecular weight excluding hydrogens is 222 g/mol. The van der Waals surface area contributed by atoms with Crippen LogP contribution in [-0.4, -0.2) is 6.10 Å². The van der Waals surface area contributed by atoms with E-state index in [1.165, 1.54) is 31.2 Å². The van der Waals surface area contributed by atoms with Crippen molar-refractivity contribution in [3.05, 3.63) is 29.3 Å². The summed E-state index contributed by atoms with van der Waals surface area (Å²) in [4.78, 5) is 0. The first-order chi connectivity index (χ1) is 8.56. The first kappa shape index (κ1) is 13.4. The first-order valence-corrected chi connectivity index (χ1v) is 7.09. The zero-order valence-corrected chi connectivity index (χ0v) is 11.8. The Labute approximate surface area is 111 Å². The van der Waals surface area contributed by atoms with Crippen LogP contribution in [-0.2, 0) is 0 Å². The van der Waals surface area contributed by atoms with Crippen LogP contribution in [0.2, 0.25) is 0 Å². The summed E-state index contributed by atoms with van der Waals surface area (Å²) in [6.07, 6.45) is 5.34. The lowest BCUT2D eigenvalue weighted by Gasteiger charge is -2.28. The number of rotatable bonds is 3. The van der Waals surface area contributed by atoms with Gasteiger partial charge in [0, 0.05) is 11.6 Å². The SMILES string of the molecule is Cc1ccc(C(C)N)c(OC2CCCC(C)C2)c1. The fourth-order valence-electron chi connectivity index (χ4n) is 2.78. The van der Waals surface area contributed by atoms with Crippen molar-refractivity contribution in [2.24, 2.45) is 11.7 Å². The third-order valence-electron chi connectivity index (χ3n) is 3.84. The number of nitrogens with two attached hydrogens (primary N) is 1. The molecule has 1 aliphatic carbocycles. The molecule has 2 heteroatoms. The van der Waals surface area contributed by atoms with E-state index in [0.29, 0.717) is 6.10 Å². The van der Waals surface area contributed by atoms with Crippen molar-refractivity contribution in [1.82, 2.24) is 0 Å². The average molecular weight is 247 g/mol. The van der Waals surface area contributed by atoms with Crippen molar-refractivity contribution in [2.75, 3.05) is 0 Å². The van der Waals surface area contributed by atoms with Crippen molar-refractivity contribution >= 4 is 0 Å². The van der Waals surface area contributed by atoms with Gasteiger partial charge < -0.3 is 10.5 Å². The highest BCUT2D eigenvalue weighted by molar-refractivity contribution is 5.39. The number of aryl methyl sites for hydroxylation is 1. The molecule has 0 amide bonds. The molecule has 100 valence electrons. The van der Waals surface area contributed by atoms with Crippen LogP contribution < -0.4 is 10.5 Å². The van der Waals surface area contributed by atoms with E-state index < -0.39 is 0 Å². The molecule has 0 saturated heterocycles. The minimum Gasteiger partial charge on any atom is -0.490 e. The molecule has 18 heavy (non-hydrogen) atoms. The molecule has 1 aromatic rings. The molecule has 1 saturated carbocycles. The highest BCUT2D eigenvalue weighted by Crippen LogP contribution is 2.31. The van der Waals surface area contributed by atoms with E-state index in [9.17, 15) is 0 Å². The topological polar surface area (TPSA) is 35.2 Å². The summed E-state index contributed by atoms with van der Waals surface area (Å²) in [5.74, 6) is 1.77. The normalized spacial score (nSPS) is 25.8. The summed E-state index contributed by atoms with van der Waals surface area (Å²) in [5.41, 5.74) is 8.38. The summed E-state index contributed by atoms with van der Waals surface area (Å²) in [6.45, 7) is 6.43. The molecule has 2 N–H and O–H groups in total. The van der Waals surface area contributed by atoms with Crippen LogP contribution in [0.1, 0.15) is 56.7 Å². The van der Waals surface area contributed by atoms with Gasteiger partial charge in [-0.3, -0.25) is 0 Å². The summed E-state index contributed by atoms with van der Waals surface area (Å²) in [7, 11) is 0. The molecule has 0 bridgehead atoms. The van der Waals surface area contributed by atoms with E-state index in [1.807, 2.05) is 6.92 Å². The van der Waals surface area contributed by atoms with E-state index in [1.54, 1.807) is 0 Å². The van der Waals surface area contributed by atoms with Gasteiger partial charge in [-0.05, 0) is 50.7 Å². The Morgan fingerprint density at radius 1 is 1.33 bits per heavy atom. The Hall–Kier alpha value is -1.02. The molecule has 0 aliphatic heterocycles. The predicted octanol–water partition coefficient (Wildman–Crippen LogP) is 3.97. The summed E-state index contributed by atoms with van der Waals surface area (Å²) < 4.78 is 6.22. The van der Waals surface area contributed by atoms with E-state index >= 15 is 0 Å². The van der Waals surface area contributed by atoms with Gasteiger partial charge in [-0.2, -0.15) is 0 Å². The quantitative estimate of drug-likeness (QED) is 0.877. The highest BCUT2D eigenvalue weighted by atomic mass is 16.5. The second-order valence-corrected chi connectivity index (χ2v) is 5.84. The molecule has 0 radical (unpaired) electrons. The zero-order valence-electron chi connectivity index (χ0n) is 11.8. The Morgan fingerprint density at radius 3 is 2.78 bits per heavy atom. The third-order valence-corrected chi connectivity index (χ3v) is 3.84. The molecule has 1 fully saturated rings. The zero-order chi connectivity index (χ0) is 13.1. The van der Waals surface area contributed by atoms with Crippen molar-refractivity contribution in [3.63, 3.8) is 0 Å². The lowest BCUT2D eigenvalue weighted by Crippen LogP contribution is -2.25. The van der Waals surface area contributed by atoms with Crippen LogP contribution in [0, 0.1) is 12.8 Å². The van der Waals surface area contributed by atoms with Gasteiger partial charge in [-0.1, -0.05) is 25.5 Å². The number of hydrogen-bond donors (Lipinski definition) is 1. The molecule has 1 aliphatic rings. The van der Waals surface area contributed by atoms with Crippen molar-refractivity contribution in [2.45, 2.75) is 58.6 Å². The monoisotopic (exact) mass is 247 g/mol. The Balaban J connectivity index is 2.14. The van der Waals surface area contributed by atoms with Crippen molar-refractivity contribution < 1.29 is 4.74 Å². The second kappa shape index (κ2) is 5.75. The molecule has 2 rings (SSSR count). The van der Waals surface area contributed by atoms with Gasteiger partial charge in [0.05, 0.1) is 6.10 Å². The molecular formula is C16H25NO. The molecule has 3 unspecified atom stereocenters. The molecule has 1 aromatic carbocycles. The van der Waals surface area contributed by atoms with Gasteiger partial charge in [-0.25, -0.2) is 0 Å².